The summed E-state index contributed by atoms with van der Waals surface area (Å²) in [6.07, 6.45) is 6.53. The molecule has 0 radical (unpaired) electrons. The number of rotatable bonds is 9. The Morgan fingerprint density at radius 2 is 1.94 bits per heavy atom. The quantitative estimate of drug-likeness (QED) is 0.455. The molecule has 1 saturated heterocycles. The lowest BCUT2D eigenvalue weighted by molar-refractivity contribution is -0.127. The minimum atomic E-state index is -0.793. The standard InChI is InChI=1S/C27H38N4O3S/c1-17-9-7-12-20(15-17)24(32)21-16-35-26(29-21)22-13-8-14-31(22)27(34)23(19-10-5-4-6-11-19)30-25(33)18(2)28-3/h7,9,12,15-16,18-19,22-23,27-28,34H,4-6,8,10-11,13-14H2,1-3H3,(H,30,33)/t18-,22-,23-,27?/m1/s1. The molecule has 1 aromatic carbocycles. The number of aryl methyl sites for hydroxylation is 1. The van der Waals surface area contributed by atoms with E-state index >= 15 is 0 Å². The van der Waals surface area contributed by atoms with E-state index in [1.54, 1.807) is 7.05 Å². The summed E-state index contributed by atoms with van der Waals surface area (Å²) in [5.74, 6) is 0.0932. The molecule has 1 aliphatic heterocycles. The molecule has 1 aromatic heterocycles. The molecule has 4 atom stereocenters. The summed E-state index contributed by atoms with van der Waals surface area (Å²) in [6.45, 7) is 4.55. The number of carbonyl (C=O) groups excluding carboxylic acids is 2. The van der Waals surface area contributed by atoms with Crippen molar-refractivity contribution >= 4 is 23.0 Å². The maximum atomic E-state index is 13.0. The molecule has 190 valence electrons. The summed E-state index contributed by atoms with van der Waals surface area (Å²) in [5.41, 5.74) is 2.14. The van der Waals surface area contributed by atoms with Crippen LogP contribution in [-0.4, -0.2) is 58.6 Å². The number of benzene rings is 1. The van der Waals surface area contributed by atoms with Gasteiger partial charge in [-0.3, -0.25) is 14.5 Å². The Kier molecular flexibility index (Phi) is 8.70. The molecule has 0 bridgehead atoms. The number of hydrogen-bond acceptors (Lipinski definition) is 7. The molecule has 1 unspecified atom stereocenters. The van der Waals surface area contributed by atoms with Crippen LogP contribution in [0.3, 0.4) is 0 Å². The third-order valence-corrected chi connectivity index (χ3v) is 8.51. The van der Waals surface area contributed by atoms with E-state index in [1.807, 2.05) is 43.5 Å². The van der Waals surface area contributed by atoms with Gasteiger partial charge in [0.25, 0.3) is 0 Å². The molecule has 1 amide bonds. The SMILES string of the molecule is CN[C@H](C)C(=O)N[C@H](C1CCCCC1)C(O)N1CCC[C@@H]1c1nc(C(=O)c2cccc(C)c2)cs1. The number of ketones is 1. The molecule has 1 aliphatic carbocycles. The topological polar surface area (TPSA) is 94.6 Å². The lowest BCUT2D eigenvalue weighted by atomic mass is 9.82. The number of hydrogen-bond donors (Lipinski definition) is 3. The van der Waals surface area contributed by atoms with Gasteiger partial charge in [0.1, 0.15) is 16.9 Å². The fraction of sp³-hybridized carbons (Fsp3) is 0.593. The molecule has 2 fully saturated rings. The fourth-order valence-electron chi connectivity index (χ4n) is 5.41. The van der Waals surface area contributed by atoms with Gasteiger partial charge in [0.05, 0.1) is 18.1 Å². The average molecular weight is 499 g/mol. The van der Waals surface area contributed by atoms with E-state index in [1.165, 1.54) is 17.8 Å². The first-order valence-corrected chi connectivity index (χ1v) is 13.7. The monoisotopic (exact) mass is 498 g/mol. The van der Waals surface area contributed by atoms with Gasteiger partial charge in [-0.15, -0.1) is 11.3 Å². The van der Waals surface area contributed by atoms with Gasteiger partial charge in [-0.2, -0.15) is 0 Å². The van der Waals surface area contributed by atoms with Crippen LogP contribution in [0.25, 0.3) is 0 Å². The van der Waals surface area contributed by atoms with Crippen molar-refractivity contribution in [2.45, 2.75) is 83.1 Å². The number of aromatic nitrogens is 1. The highest BCUT2D eigenvalue weighted by atomic mass is 32.1. The van der Waals surface area contributed by atoms with E-state index in [4.69, 9.17) is 4.98 Å². The third kappa shape index (κ3) is 6.00. The van der Waals surface area contributed by atoms with E-state index in [-0.39, 0.29) is 35.7 Å². The van der Waals surface area contributed by atoms with Crippen LogP contribution in [0.5, 0.6) is 0 Å². The van der Waals surface area contributed by atoms with Crippen LogP contribution in [-0.2, 0) is 4.79 Å². The van der Waals surface area contributed by atoms with E-state index in [0.29, 0.717) is 11.3 Å². The van der Waals surface area contributed by atoms with Gasteiger partial charge in [0.2, 0.25) is 11.7 Å². The summed E-state index contributed by atoms with van der Waals surface area (Å²) < 4.78 is 0. The van der Waals surface area contributed by atoms with E-state index in [9.17, 15) is 14.7 Å². The molecule has 3 N–H and O–H groups in total. The number of amides is 1. The lowest BCUT2D eigenvalue weighted by Crippen LogP contribution is -2.57. The zero-order valence-corrected chi connectivity index (χ0v) is 21.8. The number of aliphatic hydroxyl groups excluding tert-OH is 1. The van der Waals surface area contributed by atoms with Gasteiger partial charge in [0, 0.05) is 17.5 Å². The molecular formula is C27H38N4O3S. The van der Waals surface area contributed by atoms with Gasteiger partial charge in [-0.25, -0.2) is 4.98 Å². The van der Waals surface area contributed by atoms with Crippen LogP contribution in [0.2, 0.25) is 0 Å². The Bertz CT molecular complexity index is 1020. The van der Waals surface area contributed by atoms with Crippen LogP contribution in [0, 0.1) is 12.8 Å². The van der Waals surface area contributed by atoms with Crippen molar-refractivity contribution < 1.29 is 14.7 Å². The van der Waals surface area contributed by atoms with Crippen molar-refractivity contribution in [3.8, 4) is 0 Å². The second-order valence-corrected chi connectivity index (χ2v) is 10.9. The van der Waals surface area contributed by atoms with Crippen molar-refractivity contribution in [2.24, 2.45) is 5.92 Å². The molecule has 1 saturated carbocycles. The normalized spacial score (nSPS) is 22.0. The van der Waals surface area contributed by atoms with Gasteiger partial charge in [-0.1, -0.05) is 43.0 Å². The summed E-state index contributed by atoms with van der Waals surface area (Å²) in [6, 6.07) is 6.86. The van der Waals surface area contributed by atoms with Gasteiger partial charge in [0.15, 0.2) is 0 Å². The van der Waals surface area contributed by atoms with Crippen LogP contribution < -0.4 is 10.6 Å². The smallest absolute Gasteiger partial charge is 0.237 e. The van der Waals surface area contributed by atoms with Crippen molar-refractivity contribution in [2.75, 3.05) is 13.6 Å². The molecule has 2 heterocycles. The van der Waals surface area contributed by atoms with Crippen LogP contribution >= 0.6 is 11.3 Å². The number of carbonyl (C=O) groups is 2. The molecule has 7 nitrogen and oxygen atoms in total. The number of nitrogens with one attached hydrogen (secondary N) is 2. The molecule has 4 rings (SSSR count). The number of likely N-dealkylation sites (tertiary alicyclic amines) is 1. The Hall–Kier alpha value is -2.13. The minimum absolute atomic E-state index is 0.0567. The molecule has 2 aliphatic rings. The zero-order chi connectivity index (χ0) is 24.9. The number of thiazole rings is 1. The van der Waals surface area contributed by atoms with Crippen LogP contribution in [0.4, 0.5) is 0 Å². The second-order valence-electron chi connectivity index (χ2n) is 10.0. The molecule has 35 heavy (non-hydrogen) atoms. The van der Waals surface area contributed by atoms with Crippen molar-refractivity contribution in [3.63, 3.8) is 0 Å². The first kappa shape index (κ1) is 25.9. The van der Waals surface area contributed by atoms with Crippen LogP contribution in [0.15, 0.2) is 29.6 Å². The van der Waals surface area contributed by atoms with Gasteiger partial charge < -0.3 is 15.7 Å². The number of likely N-dealkylation sites (N-methyl/N-ethyl adjacent to an activating group) is 1. The summed E-state index contributed by atoms with van der Waals surface area (Å²) in [7, 11) is 1.77. The van der Waals surface area contributed by atoms with E-state index < -0.39 is 6.23 Å². The molecule has 8 heteroatoms. The van der Waals surface area contributed by atoms with Gasteiger partial charge >= 0.3 is 0 Å². The third-order valence-electron chi connectivity index (χ3n) is 7.57. The molecular weight excluding hydrogens is 460 g/mol. The first-order chi connectivity index (χ1) is 16.9. The van der Waals surface area contributed by atoms with Crippen molar-refractivity contribution in [1.29, 1.82) is 0 Å². The second kappa shape index (κ2) is 11.7. The zero-order valence-electron chi connectivity index (χ0n) is 21.0. The highest BCUT2D eigenvalue weighted by Crippen LogP contribution is 2.38. The summed E-state index contributed by atoms with van der Waals surface area (Å²) in [5, 5.41) is 20.5. The summed E-state index contributed by atoms with van der Waals surface area (Å²) >= 11 is 1.48. The van der Waals surface area contributed by atoms with Gasteiger partial charge in [-0.05, 0) is 58.6 Å². The highest BCUT2D eigenvalue weighted by Gasteiger charge is 2.40. The molecule has 0 spiro atoms. The maximum Gasteiger partial charge on any atom is 0.237 e. The number of nitrogens with zero attached hydrogens (tertiary/aromatic N) is 2. The summed E-state index contributed by atoms with van der Waals surface area (Å²) in [4.78, 5) is 32.6. The Morgan fingerprint density at radius 1 is 1.17 bits per heavy atom. The maximum absolute atomic E-state index is 13.0. The Morgan fingerprint density at radius 3 is 2.66 bits per heavy atom. The van der Waals surface area contributed by atoms with Crippen molar-refractivity contribution in [1.82, 2.24) is 20.5 Å². The number of aliphatic hydroxyl groups is 1. The lowest BCUT2D eigenvalue weighted by Gasteiger charge is -2.40. The van der Waals surface area contributed by atoms with E-state index in [0.717, 1.165) is 55.6 Å². The predicted octanol–water partition coefficient (Wildman–Crippen LogP) is 3.81. The largest absolute Gasteiger partial charge is 0.376 e. The van der Waals surface area contributed by atoms with E-state index in [2.05, 4.69) is 15.5 Å². The Labute approximate surface area is 212 Å². The molecule has 2 aromatic rings. The first-order valence-electron chi connectivity index (χ1n) is 12.9. The predicted molar refractivity (Wildman–Crippen MR) is 138 cm³/mol. The Balaban J connectivity index is 1.53. The average Bonchev–Trinajstić information content (AvgIpc) is 3.56. The highest BCUT2D eigenvalue weighted by molar-refractivity contribution is 7.10. The van der Waals surface area contributed by atoms with Crippen molar-refractivity contribution in [3.05, 3.63) is 51.5 Å². The minimum Gasteiger partial charge on any atom is -0.376 e. The van der Waals surface area contributed by atoms with Crippen LogP contribution in [0.1, 0.15) is 84.5 Å². The fourth-order valence-corrected chi connectivity index (χ4v) is 6.36.